The number of hydrogen-bond donors (Lipinski definition) is 2. The SMILES string of the molecule is O=C1CC(CN=C(NCCc2ccco2)NCCc2cccs2)CN1C1CC1. The molecule has 0 bridgehead atoms. The second-order valence-corrected chi connectivity index (χ2v) is 8.58. The molecule has 7 heteroatoms. The second-order valence-electron chi connectivity index (χ2n) is 7.55. The highest BCUT2D eigenvalue weighted by molar-refractivity contribution is 7.09. The van der Waals surface area contributed by atoms with Crippen LogP contribution in [-0.4, -0.2) is 49.0 Å². The van der Waals surface area contributed by atoms with E-state index in [9.17, 15) is 4.79 Å². The average molecular weight is 401 g/mol. The molecule has 1 saturated carbocycles. The van der Waals surface area contributed by atoms with Crippen LogP contribution in [-0.2, 0) is 17.6 Å². The van der Waals surface area contributed by atoms with E-state index in [0.29, 0.717) is 30.8 Å². The van der Waals surface area contributed by atoms with Gasteiger partial charge in [-0.1, -0.05) is 6.07 Å². The summed E-state index contributed by atoms with van der Waals surface area (Å²) in [6.07, 6.45) is 6.47. The number of likely N-dealkylation sites (tertiary alicyclic amines) is 1. The number of carbonyl (C=O) groups excluding carboxylic acids is 1. The van der Waals surface area contributed by atoms with Gasteiger partial charge in [-0.3, -0.25) is 9.79 Å². The summed E-state index contributed by atoms with van der Waals surface area (Å²) in [4.78, 5) is 20.4. The number of amides is 1. The van der Waals surface area contributed by atoms with E-state index < -0.39 is 0 Å². The molecule has 2 N–H and O–H groups in total. The van der Waals surface area contributed by atoms with Crippen molar-refractivity contribution < 1.29 is 9.21 Å². The molecule has 1 unspecified atom stereocenters. The molecular weight excluding hydrogens is 372 g/mol. The highest BCUT2D eigenvalue weighted by Gasteiger charge is 2.39. The molecule has 1 aliphatic heterocycles. The van der Waals surface area contributed by atoms with Crippen LogP contribution in [0.1, 0.15) is 29.9 Å². The highest BCUT2D eigenvalue weighted by atomic mass is 32.1. The average Bonchev–Trinajstić information content (AvgIpc) is 3.09. The fraction of sp³-hybridized carbons (Fsp3) is 0.524. The van der Waals surface area contributed by atoms with Crippen LogP contribution in [0.2, 0.25) is 0 Å². The molecule has 2 aliphatic rings. The number of hydrogen-bond acceptors (Lipinski definition) is 4. The van der Waals surface area contributed by atoms with Gasteiger partial charge in [0.2, 0.25) is 5.91 Å². The van der Waals surface area contributed by atoms with E-state index >= 15 is 0 Å². The van der Waals surface area contributed by atoms with Crippen molar-refractivity contribution >= 4 is 23.2 Å². The monoisotopic (exact) mass is 400 g/mol. The van der Waals surface area contributed by atoms with Gasteiger partial charge >= 0.3 is 0 Å². The van der Waals surface area contributed by atoms with Gasteiger partial charge in [0.05, 0.1) is 6.26 Å². The summed E-state index contributed by atoms with van der Waals surface area (Å²) in [6, 6.07) is 8.64. The summed E-state index contributed by atoms with van der Waals surface area (Å²) in [5, 5.41) is 8.95. The summed E-state index contributed by atoms with van der Waals surface area (Å²) in [5.74, 6) is 2.42. The number of thiophene rings is 1. The fourth-order valence-corrected chi connectivity index (χ4v) is 4.29. The van der Waals surface area contributed by atoms with Gasteiger partial charge in [0.25, 0.3) is 0 Å². The van der Waals surface area contributed by atoms with Gasteiger partial charge in [-0.25, -0.2) is 0 Å². The van der Waals surface area contributed by atoms with E-state index in [1.54, 1.807) is 17.6 Å². The minimum Gasteiger partial charge on any atom is -0.469 e. The summed E-state index contributed by atoms with van der Waals surface area (Å²) in [5.41, 5.74) is 0. The topological polar surface area (TPSA) is 69.9 Å². The Morgan fingerprint density at radius 3 is 2.79 bits per heavy atom. The first kappa shape index (κ1) is 19.1. The van der Waals surface area contributed by atoms with Crippen molar-refractivity contribution in [2.45, 2.75) is 38.1 Å². The molecule has 2 fully saturated rings. The van der Waals surface area contributed by atoms with Crippen molar-refractivity contribution in [3.63, 3.8) is 0 Å². The predicted molar refractivity (Wildman–Crippen MR) is 112 cm³/mol. The fourth-order valence-electron chi connectivity index (χ4n) is 3.58. The van der Waals surface area contributed by atoms with Crippen LogP contribution in [0.15, 0.2) is 45.3 Å². The molecule has 6 nitrogen and oxygen atoms in total. The first-order valence-electron chi connectivity index (χ1n) is 10.1. The zero-order valence-electron chi connectivity index (χ0n) is 16.1. The van der Waals surface area contributed by atoms with Crippen LogP contribution in [0.5, 0.6) is 0 Å². The highest BCUT2D eigenvalue weighted by Crippen LogP contribution is 2.32. The lowest BCUT2D eigenvalue weighted by atomic mass is 10.1. The largest absolute Gasteiger partial charge is 0.469 e. The van der Waals surface area contributed by atoms with Crippen molar-refractivity contribution in [2.24, 2.45) is 10.9 Å². The molecule has 3 heterocycles. The third-order valence-electron chi connectivity index (χ3n) is 5.22. The molecule has 150 valence electrons. The summed E-state index contributed by atoms with van der Waals surface area (Å²) < 4.78 is 5.40. The molecular formula is C21H28N4O2S. The predicted octanol–water partition coefficient (Wildman–Crippen LogP) is 2.67. The Morgan fingerprint density at radius 2 is 2.07 bits per heavy atom. The van der Waals surface area contributed by atoms with E-state index in [0.717, 1.165) is 44.2 Å². The van der Waals surface area contributed by atoms with Crippen molar-refractivity contribution in [3.8, 4) is 0 Å². The van der Waals surface area contributed by atoms with Crippen LogP contribution in [0.4, 0.5) is 0 Å². The third-order valence-corrected chi connectivity index (χ3v) is 6.16. The van der Waals surface area contributed by atoms with E-state index in [1.807, 2.05) is 12.1 Å². The number of aliphatic imine (C=N–C) groups is 1. The Kier molecular flexibility index (Phi) is 6.31. The maximum atomic E-state index is 12.2. The molecule has 28 heavy (non-hydrogen) atoms. The number of guanidine groups is 1. The molecule has 1 saturated heterocycles. The molecule has 0 aromatic carbocycles. The lowest BCUT2D eigenvalue weighted by Crippen LogP contribution is -2.39. The van der Waals surface area contributed by atoms with E-state index in [-0.39, 0.29) is 0 Å². The number of nitrogens with one attached hydrogen (secondary N) is 2. The number of nitrogens with zero attached hydrogens (tertiary/aromatic N) is 2. The van der Waals surface area contributed by atoms with Crippen LogP contribution in [0.25, 0.3) is 0 Å². The number of rotatable bonds is 9. The molecule has 1 aliphatic carbocycles. The Hall–Kier alpha value is -2.28. The number of carbonyl (C=O) groups is 1. The van der Waals surface area contributed by atoms with Gasteiger partial charge in [-0.2, -0.15) is 0 Å². The lowest BCUT2D eigenvalue weighted by Gasteiger charge is -2.15. The lowest BCUT2D eigenvalue weighted by molar-refractivity contribution is -0.128. The smallest absolute Gasteiger partial charge is 0.223 e. The zero-order valence-corrected chi connectivity index (χ0v) is 16.9. The van der Waals surface area contributed by atoms with Gasteiger partial charge < -0.3 is 20.0 Å². The van der Waals surface area contributed by atoms with Crippen molar-refractivity contribution in [1.29, 1.82) is 0 Å². The maximum absolute atomic E-state index is 12.2. The van der Waals surface area contributed by atoms with Crippen LogP contribution in [0.3, 0.4) is 0 Å². The Morgan fingerprint density at radius 1 is 1.21 bits per heavy atom. The summed E-state index contributed by atoms with van der Waals surface area (Å²) in [7, 11) is 0. The summed E-state index contributed by atoms with van der Waals surface area (Å²) in [6.45, 7) is 3.15. The first-order valence-corrected chi connectivity index (χ1v) is 11.0. The minimum absolute atomic E-state index is 0.306. The first-order chi connectivity index (χ1) is 13.8. The van der Waals surface area contributed by atoms with Gasteiger partial charge in [-0.05, 0) is 42.8 Å². The number of furan rings is 1. The molecule has 2 aromatic rings. The molecule has 2 aromatic heterocycles. The van der Waals surface area contributed by atoms with Crippen molar-refractivity contribution in [3.05, 3.63) is 46.5 Å². The molecule has 0 radical (unpaired) electrons. The van der Waals surface area contributed by atoms with Gasteiger partial charge in [0.1, 0.15) is 5.76 Å². The zero-order chi connectivity index (χ0) is 19.2. The Labute approximate surface area is 170 Å². The Balaban J connectivity index is 1.28. The van der Waals surface area contributed by atoms with Crippen LogP contribution < -0.4 is 10.6 Å². The normalized spacial score (nSPS) is 20.0. The van der Waals surface area contributed by atoms with Crippen molar-refractivity contribution in [1.82, 2.24) is 15.5 Å². The third kappa shape index (κ3) is 5.38. The second kappa shape index (κ2) is 9.28. The maximum Gasteiger partial charge on any atom is 0.223 e. The molecule has 1 atom stereocenters. The van der Waals surface area contributed by atoms with Crippen molar-refractivity contribution in [2.75, 3.05) is 26.2 Å². The van der Waals surface area contributed by atoms with E-state index in [1.165, 1.54) is 17.7 Å². The van der Waals surface area contributed by atoms with Crippen LogP contribution >= 0.6 is 11.3 Å². The van der Waals surface area contributed by atoms with Gasteiger partial charge in [-0.15, -0.1) is 11.3 Å². The Bertz CT molecular complexity index is 726. The van der Waals surface area contributed by atoms with Gasteiger partial charge in [0.15, 0.2) is 5.96 Å². The molecule has 1 amide bonds. The summed E-state index contributed by atoms with van der Waals surface area (Å²) >= 11 is 1.78. The van der Waals surface area contributed by atoms with E-state index in [4.69, 9.17) is 9.41 Å². The van der Waals surface area contributed by atoms with Crippen LogP contribution in [0, 0.1) is 5.92 Å². The van der Waals surface area contributed by atoms with E-state index in [2.05, 4.69) is 33.0 Å². The quantitative estimate of drug-likeness (QED) is 0.502. The molecule has 0 spiro atoms. The molecule has 4 rings (SSSR count). The minimum atomic E-state index is 0.306. The van der Waals surface area contributed by atoms with Gasteiger partial charge in [0, 0.05) is 55.9 Å². The standard InChI is InChI=1S/C21H28N4O2S/c26-20-13-16(15-25(20)17-5-6-17)14-24-21(22-9-7-18-3-1-11-27-18)23-10-8-19-4-2-12-28-19/h1-4,11-12,16-17H,5-10,13-15H2,(H2,22,23,24).